The molecule has 1 aromatic heterocycles. The van der Waals surface area contributed by atoms with Crippen molar-refractivity contribution in [1.82, 2.24) is 5.32 Å². The highest BCUT2D eigenvalue weighted by atomic mass is 16.3. The molecule has 0 amide bonds. The predicted octanol–water partition coefficient (Wildman–Crippen LogP) is 2.99. The van der Waals surface area contributed by atoms with Crippen LogP contribution in [0, 0.1) is 5.92 Å². The van der Waals surface area contributed by atoms with Gasteiger partial charge in [0.25, 0.3) is 0 Å². The van der Waals surface area contributed by atoms with Gasteiger partial charge in [-0.1, -0.05) is 19.8 Å². The highest BCUT2D eigenvalue weighted by molar-refractivity contribution is 4.98. The van der Waals surface area contributed by atoms with Gasteiger partial charge in [0.2, 0.25) is 0 Å². The largest absolute Gasteiger partial charge is 0.469 e. The molecule has 1 heterocycles. The van der Waals surface area contributed by atoms with Crippen LogP contribution in [0.5, 0.6) is 0 Å². The first-order chi connectivity index (χ1) is 7.40. The molecule has 84 valence electrons. The third-order valence-corrected chi connectivity index (χ3v) is 3.54. The topological polar surface area (TPSA) is 25.2 Å². The Hall–Kier alpha value is -0.760. The van der Waals surface area contributed by atoms with Gasteiger partial charge in [-0.3, -0.25) is 0 Å². The molecule has 1 aromatic rings. The van der Waals surface area contributed by atoms with E-state index in [1.54, 1.807) is 6.26 Å². The first kappa shape index (κ1) is 10.7. The zero-order valence-corrected chi connectivity index (χ0v) is 9.54. The molecule has 0 aromatic carbocycles. The molecule has 1 N–H and O–H groups in total. The minimum atomic E-state index is 0.755. The Morgan fingerprint density at radius 1 is 1.47 bits per heavy atom. The minimum absolute atomic E-state index is 0.755. The van der Waals surface area contributed by atoms with Crippen LogP contribution in [0.1, 0.15) is 38.4 Å². The fourth-order valence-corrected chi connectivity index (χ4v) is 2.63. The molecule has 0 spiro atoms. The van der Waals surface area contributed by atoms with Crippen LogP contribution in [0.2, 0.25) is 0 Å². The average Bonchev–Trinajstić information content (AvgIpc) is 2.88. The summed E-state index contributed by atoms with van der Waals surface area (Å²) in [6.07, 6.45) is 8.25. The van der Waals surface area contributed by atoms with Crippen molar-refractivity contribution in [3.05, 3.63) is 24.2 Å². The van der Waals surface area contributed by atoms with Gasteiger partial charge in [-0.2, -0.15) is 0 Å². The maximum atomic E-state index is 5.31. The maximum Gasteiger partial charge on any atom is 0.105 e. The molecule has 1 fully saturated rings. The van der Waals surface area contributed by atoms with Gasteiger partial charge in [0.05, 0.1) is 6.26 Å². The van der Waals surface area contributed by atoms with E-state index in [-0.39, 0.29) is 0 Å². The lowest BCUT2D eigenvalue weighted by Gasteiger charge is -2.19. The molecule has 1 aliphatic rings. The molecular formula is C13H21NO. The van der Waals surface area contributed by atoms with Gasteiger partial charge in [-0.25, -0.2) is 0 Å². The van der Waals surface area contributed by atoms with Crippen LogP contribution >= 0.6 is 0 Å². The van der Waals surface area contributed by atoms with Crippen LogP contribution in [0.4, 0.5) is 0 Å². The first-order valence-corrected chi connectivity index (χ1v) is 6.16. The third kappa shape index (κ3) is 2.85. The van der Waals surface area contributed by atoms with Crippen LogP contribution < -0.4 is 5.32 Å². The molecular weight excluding hydrogens is 186 g/mol. The van der Waals surface area contributed by atoms with Crippen molar-refractivity contribution in [3.63, 3.8) is 0 Å². The summed E-state index contributed by atoms with van der Waals surface area (Å²) in [6.45, 7) is 3.35. The van der Waals surface area contributed by atoms with Gasteiger partial charge in [0, 0.05) is 19.0 Å². The summed E-state index contributed by atoms with van der Waals surface area (Å²) in [4.78, 5) is 0. The zero-order valence-electron chi connectivity index (χ0n) is 9.54. The van der Waals surface area contributed by atoms with Crippen molar-refractivity contribution in [2.24, 2.45) is 5.92 Å². The highest BCUT2D eigenvalue weighted by Crippen LogP contribution is 2.27. The Labute approximate surface area is 92.1 Å². The molecule has 2 unspecified atom stereocenters. The minimum Gasteiger partial charge on any atom is -0.469 e. The van der Waals surface area contributed by atoms with Gasteiger partial charge in [-0.05, 0) is 30.9 Å². The summed E-state index contributed by atoms with van der Waals surface area (Å²) < 4.78 is 5.31. The zero-order chi connectivity index (χ0) is 10.5. The van der Waals surface area contributed by atoms with E-state index in [4.69, 9.17) is 4.42 Å². The molecule has 2 heteroatoms. The monoisotopic (exact) mass is 207 g/mol. The number of furan rings is 1. The Balaban J connectivity index is 1.69. The summed E-state index contributed by atoms with van der Waals surface area (Å²) in [5.74, 6) is 2.00. The smallest absolute Gasteiger partial charge is 0.105 e. The van der Waals surface area contributed by atoms with Crippen LogP contribution in [-0.2, 0) is 6.42 Å². The van der Waals surface area contributed by atoms with Crippen molar-refractivity contribution < 1.29 is 4.42 Å². The van der Waals surface area contributed by atoms with E-state index in [0.717, 1.165) is 30.7 Å². The molecule has 0 radical (unpaired) electrons. The molecule has 1 aliphatic carbocycles. The van der Waals surface area contributed by atoms with Gasteiger partial charge < -0.3 is 9.73 Å². The van der Waals surface area contributed by atoms with E-state index in [1.165, 1.54) is 25.7 Å². The van der Waals surface area contributed by atoms with Gasteiger partial charge in [-0.15, -0.1) is 0 Å². The van der Waals surface area contributed by atoms with E-state index in [0.29, 0.717) is 0 Å². The molecule has 2 rings (SSSR count). The predicted molar refractivity (Wildman–Crippen MR) is 61.8 cm³/mol. The van der Waals surface area contributed by atoms with E-state index in [2.05, 4.69) is 12.2 Å². The number of nitrogens with one attached hydrogen (secondary N) is 1. The Morgan fingerprint density at radius 2 is 2.40 bits per heavy atom. The Morgan fingerprint density at radius 3 is 3.13 bits per heavy atom. The highest BCUT2D eigenvalue weighted by Gasteiger charge is 2.24. The third-order valence-electron chi connectivity index (χ3n) is 3.54. The molecule has 2 atom stereocenters. The summed E-state index contributed by atoms with van der Waals surface area (Å²) in [5.41, 5.74) is 0. The number of hydrogen-bond donors (Lipinski definition) is 1. The normalized spacial score (nSPS) is 25.9. The van der Waals surface area contributed by atoms with Gasteiger partial charge >= 0.3 is 0 Å². The second-order valence-electron chi connectivity index (χ2n) is 4.49. The molecule has 1 saturated carbocycles. The average molecular weight is 207 g/mol. The lowest BCUT2D eigenvalue weighted by Crippen LogP contribution is -2.33. The van der Waals surface area contributed by atoms with Crippen LogP contribution in [0.25, 0.3) is 0 Å². The lowest BCUT2D eigenvalue weighted by molar-refractivity contribution is 0.386. The first-order valence-electron chi connectivity index (χ1n) is 6.16. The van der Waals surface area contributed by atoms with Crippen molar-refractivity contribution in [3.8, 4) is 0 Å². The molecule has 0 aliphatic heterocycles. The van der Waals surface area contributed by atoms with Crippen LogP contribution in [0.15, 0.2) is 22.8 Å². The van der Waals surface area contributed by atoms with Crippen molar-refractivity contribution in [1.29, 1.82) is 0 Å². The van der Waals surface area contributed by atoms with E-state index >= 15 is 0 Å². The fraction of sp³-hybridized carbons (Fsp3) is 0.692. The molecule has 2 nitrogen and oxygen atoms in total. The van der Waals surface area contributed by atoms with E-state index in [9.17, 15) is 0 Å². The quantitative estimate of drug-likeness (QED) is 0.803. The van der Waals surface area contributed by atoms with Crippen molar-refractivity contribution >= 4 is 0 Å². The molecule has 0 bridgehead atoms. The standard InChI is InChI=1S/C13H21NO/c1-2-11-5-3-7-13(11)14-9-8-12-6-4-10-15-12/h4,6,10-11,13-14H,2-3,5,7-9H2,1H3. The summed E-state index contributed by atoms with van der Waals surface area (Å²) in [6, 6.07) is 4.76. The Kier molecular flexibility index (Phi) is 3.84. The second-order valence-corrected chi connectivity index (χ2v) is 4.49. The molecule has 0 saturated heterocycles. The van der Waals surface area contributed by atoms with E-state index < -0.39 is 0 Å². The summed E-state index contributed by atoms with van der Waals surface area (Å²) in [7, 11) is 0. The van der Waals surface area contributed by atoms with Crippen molar-refractivity contribution in [2.45, 2.75) is 45.1 Å². The maximum absolute atomic E-state index is 5.31. The lowest BCUT2D eigenvalue weighted by atomic mass is 10.0. The summed E-state index contributed by atoms with van der Waals surface area (Å²) >= 11 is 0. The number of rotatable bonds is 5. The van der Waals surface area contributed by atoms with Crippen LogP contribution in [0.3, 0.4) is 0 Å². The van der Waals surface area contributed by atoms with Crippen molar-refractivity contribution in [2.75, 3.05) is 6.54 Å². The molecule has 15 heavy (non-hydrogen) atoms. The van der Waals surface area contributed by atoms with Gasteiger partial charge in [0.15, 0.2) is 0 Å². The Bertz CT molecular complexity index is 268. The van der Waals surface area contributed by atoms with Gasteiger partial charge in [0.1, 0.15) is 5.76 Å². The second kappa shape index (κ2) is 5.36. The number of hydrogen-bond acceptors (Lipinski definition) is 2. The van der Waals surface area contributed by atoms with Crippen LogP contribution in [-0.4, -0.2) is 12.6 Å². The summed E-state index contributed by atoms with van der Waals surface area (Å²) in [5, 5.41) is 3.66. The SMILES string of the molecule is CCC1CCCC1NCCc1ccco1. The fourth-order valence-electron chi connectivity index (χ4n) is 2.63. The van der Waals surface area contributed by atoms with E-state index in [1.807, 2.05) is 12.1 Å².